The molecule has 2 N–H and O–H groups in total. The van der Waals surface area contributed by atoms with Gasteiger partial charge in [-0.05, 0) is 37.8 Å². The minimum atomic E-state index is -3.61. The highest BCUT2D eigenvalue weighted by molar-refractivity contribution is 7.89. The second-order valence-electron chi connectivity index (χ2n) is 4.47. The van der Waals surface area contributed by atoms with Crippen molar-refractivity contribution >= 4 is 10.0 Å². The van der Waals surface area contributed by atoms with Crippen LogP contribution in [0.4, 0.5) is 0 Å². The Morgan fingerprint density at radius 1 is 1.47 bits per heavy atom. The predicted octanol–water partition coefficient (Wildman–Crippen LogP) is 1.38. The summed E-state index contributed by atoms with van der Waals surface area (Å²) in [6, 6.07) is 2.84. The molecule has 0 aromatic carbocycles. The van der Waals surface area contributed by atoms with E-state index in [0.29, 0.717) is 0 Å². The lowest BCUT2D eigenvalue weighted by Crippen LogP contribution is -2.52. The fourth-order valence-corrected chi connectivity index (χ4v) is 3.54. The monoisotopic (exact) mass is 259 g/mol. The summed E-state index contributed by atoms with van der Waals surface area (Å²) in [6.07, 6.45) is 3.57. The van der Waals surface area contributed by atoms with Gasteiger partial charge in [0.15, 0.2) is 0 Å². The van der Waals surface area contributed by atoms with Crippen LogP contribution in [-0.4, -0.2) is 19.1 Å². The normalized spacial score (nSPS) is 18.9. The summed E-state index contributed by atoms with van der Waals surface area (Å²) in [6.45, 7) is 1.68. The predicted molar refractivity (Wildman–Crippen MR) is 61.8 cm³/mol. The Hall–Kier alpha value is -0.850. The standard InChI is InChI=1S/C11H17NO4S/c1-2-11(6-3-7-11)12-17(14,15)10-5-4-9(8-13)16-10/h4-5,12-13H,2-3,6-8H2,1H3. The van der Waals surface area contributed by atoms with Crippen molar-refractivity contribution in [3.05, 3.63) is 17.9 Å². The molecule has 17 heavy (non-hydrogen) atoms. The molecule has 96 valence electrons. The maximum atomic E-state index is 12.0. The third kappa shape index (κ3) is 2.38. The van der Waals surface area contributed by atoms with Gasteiger partial charge in [-0.1, -0.05) is 6.92 Å². The Morgan fingerprint density at radius 3 is 2.59 bits per heavy atom. The van der Waals surface area contributed by atoms with E-state index in [9.17, 15) is 8.42 Å². The Kier molecular flexibility index (Phi) is 3.29. The van der Waals surface area contributed by atoms with E-state index < -0.39 is 10.0 Å². The number of rotatable bonds is 5. The second kappa shape index (κ2) is 4.44. The molecule has 6 heteroatoms. The molecular formula is C11H17NO4S. The summed E-state index contributed by atoms with van der Waals surface area (Å²) < 4.78 is 31.8. The zero-order valence-corrected chi connectivity index (χ0v) is 10.6. The third-order valence-corrected chi connectivity index (χ3v) is 4.85. The highest BCUT2D eigenvalue weighted by atomic mass is 32.2. The molecule has 2 rings (SSSR count). The molecule has 1 aliphatic carbocycles. The molecule has 0 unspecified atom stereocenters. The largest absolute Gasteiger partial charge is 0.446 e. The molecule has 0 bridgehead atoms. The van der Waals surface area contributed by atoms with Crippen LogP contribution in [-0.2, 0) is 16.6 Å². The van der Waals surface area contributed by atoms with Gasteiger partial charge in [0.25, 0.3) is 10.0 Å². The van der Waals surface area contributed by atoms with Crippen LogP contribution in [0.5, 0.6) is 0 Å². The van der Waals surface area contributed by atoms with E-state index in [0.717, 1.165) is 25.7 Å². The summed E-state index contributed by atoms with van der Waals surface area (Å²) in [5.41, 5.74) is -0.301. The van der Waals surface area contributed by atoms with Crippen molar-refractivity contribution in [3.63, 3.8) is 0 Å². The van der Waals surface area contributed by atoms with Crippen molar-refractivity contribution in [2.75, 3.05) is 0 Å². The maximum absolute atomic E-state index is 12.0. The first-order chi connectivity index (χ1) is 8.01. The van der Waals surface area contributed by atoms with E-state index in [2.05, 4.69) is 4.72 Å². The molecule has 1 fully saturated rings. The van der Waals surface area contributed by atoms with Crippen LogP contribution in [0.15, 0.2) is 21.6 Å². The van der Waals surface area contributed by atoms with Crippen LogP contribution in [0.3, 0.4) is 0 Å². The van der Waals surface area contributed by atoms with Crippen molar-refractivity contribution in [2.24, 2.45) is 0 Å². The SMILES string of the molecule is CCC1(NS(=O)(=O)c2ccc(CO)o2)CCC1. The Balaban J connectivity index is 2.18. The van der Waals surface area contributed by atoms with Crippen LogP contribution in [0.2, 0.25) is 0 Å². The van der Waals surface area contributed by atoms with E-state index in [-0.39, 0.29) is 23.0 Å². The Bertz CT molecular complexity index is 482. The van der Waals surface area contributed by atoms with Crippen LogP contribution in [0.25, 0.3) is 0 Å². The molecule has 1 heterocycles. The van der Waals surface area contributed by atoms with Crippen LogP contribution < -0.4 is 4.72 Å². The van der Waals surface area contributed by atoms with E-state index in [4.69, 9.17) is 9.52 Å². The van der Waals surface area contributed by atoms with E-state index in [1.54, 1.807) is 0 Å². The topological polar surface area (TPSA) is 79.5 Å². The number of hydrogen-bond acceptors (Lipinski definition) is 4. The molecule has 1 aliphatic rings. The number of furan rings is 1. The van der Waals surface area contributed by atoms with Gasteiger partial charge < -0.3 is 9.52 Å². The average Bonchev–Trinajstić information content (AvgIpc) is 2.72. The van der Waals surface area contributed by atoms with Gasteiger partial charge >= 0.3 is 0 Å². The first-order valence-corrected chi connectivity index (χ1v) is 7.23. The van der Waals surface area contributed by atoms with E-state index in [1.807, 2.05) is 6.92 Å². The van der Waals surface area contributed by atoms with Gasteiger partial charge in [-0.15, -0.1) is 0 Å². The number of hydrogen-bond donors (Lipinski definition) is 2. The zero-order chi connectivity index (χ0) is 12.5. The summed E-state index contributed by atoms with van der Waals surface area (Å²) >= 11 is 0. The Labute approximate surface area is 101 Å². The van der Waals surface area contributed by atoms with Gasteiger partial charge in [-0.25, -0.2) is 13.1 Å². The number of nitrogens with one attached hydrogen (secondary N) is 1. The summed E-state index contributed by atoms with van der Waals surface area (Å²) in [4.78, 5) is 0. The molecule has 0 amide bonds. The smallest absolute Gasteiger partial charge is 0.274 e. The lowest BCUT2D eigenvalue weighted by molar-refractivity contribution is 0.210. The lowest BCUT2D eigenvalue weighted by Gasteiger charge is -2.41. The van der Waals surface area contributed by atoms with Gasteiger partial charge in [0, 0.05) is 5.54 Å². The number of aliphatic hydroxyl groups excluding tert-OH is 1. The highest BCUT2D eigenvalue weighted by Gasteiger charge is 2.39. The molecule has 0 atom stereocenters. The first-order valence-electron chi connectivity index (χ1n) is 5.75. The molecule has 0 spiro atoms. The molecule has 5 nitrogen and oxygen atoms in total. The summed E-state index contributed by atoms with van der Waals surface area (Å²) in [7, 11) is -3.61. The maximum Gasteiger partial charge on any atom is 0.274 e. The molecular weight excluding hydrogens is 242 g/mol. The fourth-order valence-electron chi connectivity index (χ4n) is 2.05. The van der Waals surface area contributed by atoms with Gasteiger partial charge in [-0.3, -0.25) is 0 Å². The Morgan fingerprint density at radius 2 is 2.18 bits per heavy atom. The van der Waals surface area contributed by atoms with Crippen LogP contribution in [0, 0.1) is 0 Å². The van der Waals surface area contributed by atoms with Gasteiger partial charge in [0.1, 0.15) is 12.4 Å². The average molecular weight is 259 g/mol. The number of aliphatic hydroxyl groups is 1. The van der Waals surface area contributed by atoms with E-state index >= 15 is 0 Å². The first kappa shape index (κ1) is 12.6. The quantitative estimate of drug-likeness (QED) is 0.837. The minimum Gasteiger partial charge on any atom is -0.446 e. The van der Waals surface area contributed by atoms with Crippen LogP contribution >= 0.6 is 0 Å². The van der Waals surface area contributed by atoms with Crippen LogP contribution in [0.1, 0.15) is 38.4 Å². The van der Waals surface area contributed by atoms with E-state index in [1.165, 1.54) is 12.1 Å². The van der Waals surface area contributed by atoms with Crippen molar-refractivity contribution in [2.45, 2.75) is 49.8 Å². The van der Waals surface area contributed by atoms with Crippen molar-refractivity contribution in [1.82, 2.24) is 4.72 Å². The van der Waals surface area contributed by atoms with Gasteiger partial charge in [-0.2, -0.15) is 0 Å². The summed E-state index contributed by atoms with van der Waals surface area (Å²) in [5, 5.41) is 8.72. The third-order valence-electron chi connectivity index (χ3n) is 3.40. The molecule has 1 aromatic heterocycles. The zero-order valence-electron chi connectivity index (χ0n) is 9.77. The van der Waals surface area contributed by atoms with Crippen molar-refractivity contribution < 1.29 is 17.9 Å². The molecule has 0 radical (unpaired) electrons. The van der Waals surface area contributed by atoms with Gasteiger partial charge in [0.05, 0.1) is 0 Å². The molecule has 1 saturated carbocycles. The van der Waals surface area contributed by atoms with Gasteiger partial charge in [0.2, 0.25) is 5.09 Å². The fraction of sp³-hybridized carbons (Fsp3) is 0.636. The summed E-state index contributed by atoms with van der Waals surface area (Å²) in [5.74, 6) is 0.254. The molecule has 1 aromatic rings. The van der Waals surface area contributed by atoms with Crippen molar-refractivity contribution in [3.8, 4) is 0 Å². The molecule has 0 aliphatic heterocycles. The number of sulfonamides is 1. The highest BCUT2D eigenvalue weighted by Crippen LogP contribution is 2.36. The minimum absolute atomic E-state index is 0.124. The lowest BCUT2D eigenvalue weighted by atomic mass is 9.76. The molecule has 0 saturated heterocycles. The van der Waals surface area contributed by atoms with Crippen molar-refractivity contribution in [1.29, 1.82) is 0 Å². The second-order valence-corrected chi connectivity index (χ2v) is 6.09.